The second-order valence-electron chi connectivity index (χ2n) is 6.94. The summed E-state index contributed by atoms with van der Waals surface area (Å²) in [6, 6.07) is 26.6. The van der Waals surface area contributed by atoms with Crippen LogP contribution in [0.25, 0.3) is 22.5 Å². The normalized spacial score (nSPS) is 10.1. The monoisotopic (exact) mass is 366 g/mol. The average molecular weight is 367 g/mol. The van der Waals surface area contributed by atoms with Crippen LogP contribution in [0.15, 0.2) is 85.1 Å². The molecule has 0 saturated carbocycles. The lowest BCUT2D eigenvalue weighted by Crippen LogP contribution is -1.94. The molecule has 0 bridgehead atoms. The molecular formula is C26H26N2. The zero-order chi connectivity index (χ0) is 19.9. The number of aromatic nitrogens is 2. The maximum Gasteiger partial charge on any atom is 0.0733 e. The Hall–Kier alpha value is -3.26. The molecule has 2 aromatic carbocycles. The van der Waals surface area contributed by atoms with Gasteiger partial charge >= 0.3 is 0 Å². The van der Waals surface area contributed by atoms with Crippen molar-refractivity contribution in [2.75, 3.05) is 0 Å². The van der Waals surface area contributed by atoms with Crippen LogP contribution in [0.2, 0.25) is 0 Å². The van der Waals surface area contributed by atoms with E-state index in [0.717, 1.165) is 17.1 Å². The van der Waals surface area contributed by atoms with Crippen molar-refractivity contribution in [2.24, 2.45) is 0 Å². The fourth-order valence-electron chi connectivity index (χ4n) is 3.03. The van der Waals surface area contributed by atoms with Crippen molar-refractivity contribution in [3.05, 3.63) is 107 Å². The van der Waals surface area contributed by atoms with Gasteiger partial charge in [-0.1, -0.05) is 66.7 Å². The van der Waals surface area contributed by atoms with Gasteiger partial charge in [0.25, 0.3) is 0 Å². The minimum Gasteiger partial charge on any atom is -0.256 e. The van der Waals surface area contributed by atoms with E-state index < -0.39 is 0 Å². The molecule has 2 heterocycles. The molecule has 0 amide bonds. The van der Waals surface area contributed by atoms with E-state index in [-0.39, 0.29) is 0 Å². The first-order valence-electron chi connectivity index (χ1n) is 9.53. The van der Waals surface area contributed by atoms with E-state index in [4.69, 9.17) is 0 Å². The first kappa shape index (κ1) is 19.5. The topological polar surface area (TPSA) is 25.8 Å². The number of aryl methyl sites for hydroxylation is 2. The second-order valence-corrected chi connectivity index (χ2v) is 6.94. The fourth-order valence-corrected chi connectivity index (χ4v) is 3.03. The molecule has 0 saturated heterocycles. The van der Waals surface area contributed by atoms with E-state index in [1.54, 1.807) is 0 Å². The molecule has 0 aliphatic rings. The molecule has 0 aliphatic carbocycles. The molecule has 4 rings (SSSR count). The van der Waals surface area contributed by atoms with Crippen molar-refractivity contribution in [1.29, 1.82) is 0 Å². The third-order valence-electron chi connectivity index (χ3n) is 4.90. The summed E-state index contributed by atoms with van der Waals surface area (Å²) in [6.45, 7) is 8.40. The zero-order valence-electron chi connectivity index (χ0n) is 17.0. The van der Waals surface area contributed by atoms with Crippen LogP contribution in [0, 0.1) is 27.7 Å². The lowest BCUT2D eigenvalue weighted by atomic mass is 10.0. The summed E-state index contributed by atoms with van der Waals surface area (Å²) < 4.78 is 0. The van der Waals surface area contributed by atoms with Crippen LogP contribution < -0.4 is 0 Å². The Balaban J connectivity index is 0.000000162. The number of pyridine rings is 2. The summed E-state index contributed by atoms with van der Waals surface area (Å²) in [5, 5.41) is 0. The highest BCUT2D eigenvalue weighted by atomic mass is 14.7. The van der Waals surface area contributed by atoms with Crippen molar-refractivity contribution in [1.82, 2.24) is 9.97 Å². The molecule has 0 spiro atoms. The van der Waals surface area contributed by atoms with E-state index >= 15 is 0 Å². The molecule has 0 radical (unpaired) electrons. The number of hydrogen-bond acceptors (Lipinski definition) is 2. The summed E-state index contributed by atoms with van der Waals surface area (Å²) in [6.07, 6.45) is 1.95. The fraction of sp³-hybridized carbons (Fsp3) is 0.154. The molecular weight excluding hydrogens is 340 g/mol. The molecule has 28 heavy (non-hydrogen) atoms. The molecule has 4 aromatic rings. The number of benzene rings is 2. The molecule has 0 N–H and O–H groups in total. The minimum atomic E-state index is 1.04. The van der Waals surface area contributed by atoms with E-state index in [1.807, 2.05) is 67.7 Å². The largest absolute Gasteiger partial charge is 0.256 e. The van der Waals surface area contributed by atoms with Gasteiger partial charge in [-0.15, -0.1) is 0 Å². The van der Waals surface area contributed by atoms with Gasteiger partial charge < -0.3 is 0 Å². The van der Waals surface area contributed by atoms with Gasteiger partial charge in [-0.3, -0.25) is 9.97 Å². The highest BCUT2D eigenvalue weighted by Gasteiger charge is 2.06. The molecule has 0 atom stereocenters. The number of hydrogen-bond donors (Lipinski definition) is 0. The Morgan fingerprint density at radius 1 is 0.571 bits per heavy atom. The summed E-state index contributed by atoms with van der Waals surface area (Å²) in [5.74, 6) is 0. The third kappa shape index (κ3) is 4.72. The molecule has 2 heteroatoms. The van der Waals surface area contributed by atoms with Crippen LogP contribution >= 0.6 is 0 Å². The van der Waals surface area contributed by atoms with Crippen molar-refractivity contribution >= 4 is 0 Å². The van der Waals surface area contributed by atoms with Crippen molar-refractivity contribution < 1.29 is 0 Å². The number of nitrogens with zero attached hydrogens (tertiary/aromatic N) is 2. The van der Waals surface area contributed by atoms with Gasteiger partial charge in [0.1, 0.15) is 0 Å². The summed E-state index contributed by atoms with van der Waals surface area (Å²) in [7, 11) is 0. The highest BCUT2D eigenvalue weighted by molar-refractivity contribution is 5.64. The van der Waals surface area contributed by atoms with Crippen LogP contribution in [0.4, 0.5) is 0 Å². The Labute approximate surface area is 168 Å². The molecule has 140 valence electrons. The molecule has 2 nitrogen and oxygen atoms in total. The smallest absolute Gasteiger partial charge is 0.0733 e. The Kier molecular flexibility index (Phi) is 6.33. The Bertz CT molecular complexity index is 1040. The Morgan fingerprint density at radius 2 is 1.18 bits per heavy atom. The van der Waals surface area contributed by atoms with Gasteiger partial charge in [-0.2, -0.15) is 0 Å². The van der Waals surface area contributed by atoms with Crippen molar-refractivity contribution in [2.45, 2.75) is 27.7 Å². The lowest BCUT2D eigenvalue weighted by Gasteiger charge is -2.09. The SMILES string of the molecule is Cc1cccc(-c2ccccc2)n1.Cc1cnc(-c2ccccc2)c(C)c1C. The summed E-state index contributed by atoms with van der Waals surface area (Å²) in [5.41, 5.74) is 9.43. The standard InChI is InChI=1S/C14H15N.C12H11N/c1-10-9-15-14(12(3)11(10)2)13-7-5-4-6-8-13;1-10-6-5-9-12(13-10)11-7-3-2-4-8-11/h4-9H,1-3H3;2-9H,1H3. The van der Waals surface area contributed by atoms with Crippen molar-refractivity contribution in [3.63, 3.8) is 0 Å². The van der Waals surface area contributed by atoms with Crippen LogP contribution in [0.1, 0.15) is 22.4 Å². The van der Waals surface area contributed by atoms with E-state index in [0.29, 0.717) is 0 Å². The van der Waals surface area contributed by atoms with E-state index in [9.17, 15) is 0 Å². The second kappa shape index (κ2) is 9.09. The first-order chi connectivity index (χ1) is 13.6. The quantitative estimate of drug-likeness (QED) is 0.393. The van der Waals surface area contributed by atoms with Gasteiger partial charge in [0, 0.05) is 23.0 Å². The first-order valence-corrected chi connectivity index (χ1v) is 9.53. The van der Waals surface area contributed by atoms with Gasteiger partial charge in [0.05, 0.1) is 11.4 Å². The van der Waals surface area contributed by atoms with Crippen LogP contribution in [-0.2, 0) is 0 Å². The van der Waals surface area contributed by atoms with Gasteiger partial charge in [0.2, 0.25) is 0 Å². The molecule has 0 aliphatic heterocycles. The van der Waals surface area contributed by atoms with Gasteiger partial charge in [-0.05, 0) is 56.5 Å². The Morgan fingerprint density at radius 3 is 1.79 bits per heavy atom. The predicted molar refractivity (Wildman–Crippen MR) is 118 cm³/mol. The zero-order valence-corrected chi connectivity index (χ0v) is 17.0. The van der Waals surface area contributed by atoms with Crippen molar-refractivity contribution in [3.8, 4) is 22.5 Å². The molecule has 0 fully saturated rings. The minimum absolute atomic E-state index is 1.04. The number of rotatable bonds is 2. The van der Waals surface area contributed by atoms with Crippen LogP contribution in [0.5, 0.6) is 0 Å². The predicted octanol–water partition coefficient (Wildman–Crippen LogP) is 6.73. The molecule has 0 unspecified atom stereocenters. The average Bonchev–Trinajstić information content (AvgIpc) is 2.74. The maximum absolute atomic E-state index is 4.51. The highest BCUT2D eigenvalue weighted by Crippen LogP contribution is 2.24. The lowest BCUT2D eigenvalue weighted by molar-refractivity contribution is 1.17. The maximum atomic E-state index is 4.51. The van der Waals surface area contributed by atoms with E-state index in [2.05, 4.69) is 55.0 Å². The van der Waals surface area contributed by atoms with E-state index in [1.165, 1.54) is 27.8 Å². The van der Waals surface area contributed by atoms with Crippen LogP contribution in [0.3, 0.4) is 0 Å². The summed E-state index contributed by atoms with van der Waals surface area (Å²) >= 11 is 0. The van der Waals surface area contributed by atoms with Crippen LogP contribution in [-0.4, -0.2) is 9.97 Å². The summed E-state index contributed by atoms with van der Waals surface area (Å²) in [4.78, 5) is 8.95. The van der Waals surface area contributed by atoms with Gasteiger partial charge in [0.15, 0.2) is 0 Å². The third-order valence-corrected chi connectivity index (χ3v) is 4.90. The molecule has 2 aromatic heterocycles. The van der Waals surface area contributed by atoms with Gasteiger partial charge in [-0.25, -0.2) is 0 Å².